The molecule has 102 valence electrons. The van der Waals surface area contributed by atoms with Crippen LogP contribution in [0.2, 0.25) is 0 Å². The largest absolute Gasteiger partial charge is 0.423 e. The number of fused-ring (bicyclic) bond motifs is 1. The average Bonchev–Trinajstić information content (AvgIpc) is 2.87. The van der Waals surface area contributed by atoms with Crippen molar-refractivity contribution < 1.29 is 8.81 Å². The highest BCUT2D eigenvalue weighted by Gasteiger charge is 2.13. The van der Waals surface area contributed by atoms with Gasteiger partial charge in [-0.05, 0) is 18.2 Å². The van der Waals surface area contributed by atoms with Crippen LogP contribution in [0, 0.1) is 5.82 Å². The first-order chi connectivity index (χ1) is 9.65. The second-order valence-electron chi connectivity index (χ2n) is 4.64. The number of anilines is 2. The molecule has 4 nitrogen and oxygen atoms in total. The lowest BCUT2D eigenvalue weighted by molar-refractivity contribution is 0.570. The van der Waals surface area contributed by atoms with E-state index in [1.165, 1.54) is 6.07 Å². The molecule has 3 rings (SSSR count). The van der Waals surface area contributed by atoms with Crippen molar-refractivity contribution in [3.8, 4) is 0 Å². The summed E-state index contributed by atoms with van der Waals surface area (Å²) in [5.41, 5.74) is 8.25. The molecular formula is C15H14FN3O. The molecule has 0 fully saturated rings. The lowest BCUT2D eigenvalue weighted by atomic mass is 10.2. The molecule has 0 saturated carbocycles. The highest BCUT2D eigenvalue weighted by molar-refractivity contribution is 5.86. The molecule has 1 heterocycles. The first-order valence-electron chi connectivity index (χ1n) is 6.25. The number of oxazole rings is 1. The first kappa shape index (κ1) is 12.5. The summed E-state index contributed by atoms with van der Waals surface area (Å²) in [7, 11) is 1.80. The molecular weight excluding hydrogens is 257 g/mol. The average molecular weight is 271 g/mol. The topological polar surface area (TPSA) is 55.3 Å². The van der Waals surface area contributed by atoms with Crippen LogP contribution in [0.3, 0.4) is 0 Å². The van der Waals surface area contributed by atoms with Gasteiger partial charge < -0.3 is 15.1 Å². The Morgan fingerprint density at radius 3 is 2.75 bits per heavy atom. The van der Waals surface area contributed by atoms with E-state index in [-0.39, 0.29) is 5.82 Å². The SMILES string of the molecule is CN(Cc1ccccc1F)c1nc2c(N)cccc2o1. The second kappa shape index (κ2) is 4.85. The van der Waals surface area contributed by atoms with Gasteiger partial charge in [0.2, 0.25) is 0 Å². The number of halogens is 1. The predicted octanol–water partition coefficient (Wildman–Crippen LogP) is 3.19. The van der Waals surface area contributed by atoms with Crippen LogP contribution in [0.4, 0.5) is 16.1 Å². The van der Waals surface area contributed by atoms with Gasteiger partial charge in [-0.2, -0.15) is 4.98 Å². The number of benzene rings is 2. The monoisotopic (exact) mass is 271 g/mol. The Kier molecular flexibility index (Phi) is 3.02. The zero-order chi connectivity index (χ0) is 14.1. The van der Waals surface area contributed by atoms with Crippen molar-refractivity contribution in [2.24, 2.45) is 0 Å². The van der Waals surface area contributed by atoms with Crippen LogP contribution in [-0.4, -0.2) is 12.0 Å². The Balaban J connectivity index is 1.91. The molecule has 5 heteroatoms. The summed E-state index contributed by atoms with van der Waals surface area (Å²) in [6, 6.07) is 12.4. The minimum absolute atomic E-state index is 0.241. The van der Waals surface area contributed by atoms with Gasteiger partial charge in [-0.25, -0.2) is 4.39 Å². The van der Waals surface area contributed by atoms with Gasteiger partial charge in [0.05, 0.1) is 5.69 Å². The zero-order valence-electron chi connectivity index (χ0n) is 11.0. The highest BCUT2D eigenvalue weighted by Crippen LogP contribution is 2.26. The van der Waals surface area contributed by atoms with E-state index in [0.717, 1.165) is 0 Å². The van der Waals surface area contributed by atoms with Gasteiger partial charge in [-0.15, -0.1) is 0 Å². The summed E-state index contributed by atoms with van der Waals surface area (Å²) in [4.78, 5) is 6.10. The fourth-order valence-electron chi connectivity index (χ4n) is 2.07. The molecule has 0 bridgehead atoms. The molecule has 0 spiro atoms. The van der Waals surface area contributed by atoms with Gasteiger partial charge in [0.25, 0.3) is 6.01 Å². The molecule has 3 aromatic rings. The Bertz CT molecular complexity index is 754. The summed E-state index contributed by atoms with van der Waals surface area (Å²) < 4.78 is 19.3. The molecule has 2 N–H and O–H groups in total. The predicted molar refractivity (Wildman–Crippen MR) is 76.9 cm³/mol. The summed E-state index contributed by atoms with van der Waals surface area (Å²) >= 11 is 0. The maximum Gasteiger partial charge on any atom is 0.298 e. The van der Waals surface area contributed by atoms with E-state index in [0.29, 0.717) is 34.9 Å². The van der Waals surface area contributed by atoms with Crippen LogP contribution in [0.5, 0.6) is 0 Å². The van der Waals surface area contributed by atoms with Crippen LogP contribution in [0.1, 0.15) is 5.56 Å². The quantitative estimate of drug-likeness (QED) is 0.743. The molecule has 0 amide bonds. The van der Waals surface area contributed by atoms with E-state index in [1.54, 1.807) is 42.3 Å². The van der Waals surface area contributed by atoms with E-state index >= 15 is 0 Å². The second-order valence-corrected chi connectivity index (χ2v) is 4.64. The van der Waals surface area contributed by atoms with Crippen molar-refractivity contribution in [3.05, 3.63) is 53.8 Å². The number of hydrogen-bond donors (Lipinski definition) is 1. The van der Waals surface area contributed by atoms with Gasteiger partial charge in [0, 0.05) is 19.2 Å². The number of aromatic nitrogens is 1. The maximum atomic E-state index is 13.6. The molecule has 0 aliphatic rings. The van der Waals surface area contributed by atoms with Gasteiger partial charge in [-0.1, -0.05) is 24.3 Å². The van der Waals surface area contributed by atoms with E-state index in [1.807, 2.05) is 6.07 Å². The first-order valence-corrected chi connectivity index (χ1v) is 6.25. The van der Waals surface area contributed by atoms with E-state index in [2.05, 4.69) is 4.98 Å². The van der Waals surface area contributed by atoms with Crippen molar-refractivity contribution in [1.29, 1.82) is 0 Å². The van der Waals surface area contributed by atoms with Crippen LogP contribution >= 0.6 is 0 Å². The number of nitrogens with two attached hydrogens (primary N) is 1. The molecule has 0 atom stereocenters. The van der Waals surface area contributed by atoms with Crippen LogP contribution in [0.25, 0.3) is 11.1 Å². The molecule has 0 aliphatic carbocycles. The van der Waals surface area contributed by atoms with E-state index in [4.69, 9.17) is 10.2 Å². The van der Waals surface area contributed by atoms with Crippen LogP contribution in [0.15, 0.2) is 46.9 Å². The van der Waals surface area contributed by atoms with Gasteiger partial charge >= 0.3 is 0 Å². The maximum absolute atomic E-state index is 13.6. The molecule has 0 saturated heterocycles. The Morgan fingerprint density at radius 2 is 2.00 bits per heavy atom. The fourth-order valence-corrected chi connectivity index (χ4v) is 2.07. The number of nitrogens with zero attached hydrogens (tertiary/aromatic N) is 2. The summed E-state index contributed by atoms with van der Waals surface area (Å²) in [5, 5.41) is 0. The molecule has 20 heavy (non-hydrogen) atoms. The minimum atomic E-state index is -0.241. The van der Waals surface area contributed by atoms with Gasteiger partial charge in [0.15, 0.2) is 5.58 Å². The van der Waals surface area contributed by atoms with E-state index in [9.17, 15) is 4.39 Å². The normalized spacial score (nSPS) is 10.9. The van der Waals surface area contributed by atoms with Gasteiger partial charge in [-0.3, -0.25) is 0 Å². The van der Waals surface area contributed by atoms with Crippen LogP contribution in [-0.2, 0) is 6.54 Å². The van der Waals surface area contributed by atoms with Crippen molar-refractivity contribution in [3.63, 3.8) is 0 Å². The minimum Gasteiger partial charge on any atom is -0.423 e. The highest BCUT2D eigenvalue weighted by atomic mass is 19.1. The molecule has 1 aromatic heterocycles. The summed E-state index contributed by atoms with van der Waals surface area (Å²) in [6.45, 7) is 0.374. The summed E-state index contributed by atoms with van der Waals surface area (Å²) in [6.07, 6.45) is 0. The smallest absolute Gasteiger partial charge is 0.298 e. The number of nitrogen functional groups attached to an aromatic ring is 1. The van der Waals surface area contributed by atoms with Crippen molar-refractivity contribution in [2.75, 3.05) is 17.7 Å². The Hall–Kier alpha value is -2.56. The molecule has 0 radical (unpaired) electrons. The van der Waals surface area contributed by atoms with Crippen molar-refractivity contribution in [1.82, 2.24) is 4.98 Å². The third-order valence-corrected chi connectivity index (χ3v) is 3.13. The summed E-state index contributed by atoms with van der Waals surface area (Å²) in [5.74, 6) is -0.241. The van der Waals surface area contributed by atoms with Gasteiger partial charge in [0.1, 0.15) is 11.3 Å². The zero-order valence-corrected chi connectivity index (χ0v) is 11.0. The third-order valence-electron chi connectivity index (χ3n) is 3.13. The number of rotatable bonds is 3. The fraction of sp³-hybridized carbons (Fsp3) is 0.133. The molecule has 0 aliphatic heterocycles. The number of para-hydroxylation sites is 1. The van der Waals surface area contributed by atoms with E-state index < -0.39 is 0 Å². The molecule has 0 unspecified atom stereocenters. The standard InChI is InChI=1S/C15H14FN3O/c1-19(9-10-5-2-3-6-11(10)16)15-18-14-12(17)7-4-8-13(14)20-15/h2-8H,9,17H2,1H3. The Morgan fingerprint density at radius 1 is 1.20 bits per heavy atom. The van der Waals surface area contributed by atoms with Crippen molar-refractivity contribution in [2.45, 2.75) is 6.54 Å². The third kappa shape index (κ3) is 2.18. The Labute approximate surface area is 115 Å². The lowest BCUT2D eigenvalue weighted by Gasteiger charge is -2.14. The van der Waals surface area contributed by atoms with Crippen LogP contribution < -0.4 is 10.6 Å². The van der Waals surface area contributed by atoms with Crippen molar-refractivity contribution >= 4 is 22.8 Å². The molecule has 2 aromatic carbocycles. The number of hydrogen-bond acceptors (Lipinski definition) is 4. The lowest BCUT2D eigenvalue weighted by Crippen LogP contribution is -2.17.